The first-order chi connectivity index (χ1) is 12.4. The normalized spacial score (nSPS) is 11.6. The number of hydrogen-bond acceptors (Lipinski definition) is 5. The fourth-order valence-corrected chi connectivity index (χ4v) is 3.17. The second-order valence-electron chi connectivity index (χ2n) is 5.78. The molecule has 2 N–H and O–H groups in total. The van der Waals surface area contributed by atoms with Gasteiger partial charge >= 0.3 is 5.97 Å². The van der Waals surface area contributed by atoms with Crippen molar-refractivity contribution < 1.29 is 19.5 Å². The van der Waals surface area contributed by atoms with Gasteiger partial charge in [-0.05, 0) is 12.5 Å². The minimum atomic E-state index is -1.11. The summed E-state index contributed by atoms with van der Waals surface area (Å²) in [5, 5.41) is 14.2. The van der Waals surface area contributed by atoms with E-state index >= 15 is 0 Å². The number of rotatable bonds is 8. The van der Waals surface area contributed by atoms with Gasteiger partial charge in [-0.3, -0.25) is 9.59 Å². The van der Waals surface area contributed by atoms with E-state index in [9.17, 15) is 19.5 Å². The highest BCUT2D eigenvalue weighted by molar-refractivity contribution is 7.09. The van der Waals surface area contributed by atoms with Crippen molar-refractivity contribution in [2.45, 2.75) is 26.3 Å². The summed E-state index contributed by atoms with van der Waals surface area (Å²) < 4.78 is 0. The Morgan fingerprint density at radius 2 is 1.96 bits per heavy atom. The SMILES string of the molecule is CC(=O)NCCN(C(=O)c1csc(Cc2ccccc2)n1)C(C)C(=O)O. The van der Waals surface area contributed by atoms with Gasteiger partial charge in [0.25, 0.3) is 5.91 Å². The van der Waals surface area contributed by atoms with Crippen LogP contribution < -0.4 is 5.32 Å². The number of amides is 2. The molecule has 2 amide bonds. The van der Waals surface area contributed by atoms with Gasteiger partial charge in [0.2, 0.25) is 5.91 Å². The predicted molar refractivity (Wildman–Crippen MR) is 98.2 cm³/mol. The lowest BCUT2D eigenvalue weighted by molar-refractivity contribution is -0.141. The van der Waals surface area contributed by atoms with Gasteiger partial charge < -0.3 is 15.3 Å². The van der Waals surface area contributed by atoms with Crippen LogP contribution in [0.3, 0.4) is 0 Å². The number of hydrogen-bond donors (Lipinski definition) is 2. The standard InChI is InChI=1S/C18H21N3O4S/c1-12(18(24)25)21(9-8-19-13(2)22)17(23)15-11-26-16(20-15)10-14-6-4-3-5-7-14/h3-7,11-12H,8-10H2,1-2H3,(H,19,22)(H,24,25). The maximum atomic E-state index is 12.7. The second kappa shape index (κ2) is 9.10. The van der Waals surface area contributed by atoms with Crippen molar-refractivity contribution in [1.82, 2.24) is 15.2 Å². The van der Waals surface area contributed by atoms with Crippen molar-refractivity contribution in [3.05, 3.63) is 52.0 Å². The van der Waals surface area contributed by atoms with Crippen LogP contribution in [0.25, 0.3) is 0 Å². The molecule has 0 spiro atoms. The van der Waals surface area contributed by atoms with Crippen molar-refractivity contribution >= 4 is 29.1 Å². The molecule has 0 saturated heterocycles. The molecule has 0 saturated carbocycles. The van der Waals surface area contributed by atoms with E-state index in [1.165, 1.54) is 30.1 Å². The summed E-state index contributed by atoms with van der Waals surface area (Å²) in [5.74, 6) is -1.80. The fraction of sp³-hybridized carbons (Fsp3) is 0.333. The van der Waals surface area contributed by atoms with Crippen LogP contribution >= 0.6 is 11.3 Å². The highest BCUT2D eigenvalue weighted by Gasteiger charge is 2.27. The van der Waals surface area contributed by atoms with E-state index in [1.54, 1.807) is 5.38 Å². The molecule has 0 aliphatic heterocycles. The van der Waals surface area contributed by atoms with Gasteiger partial charge in [0.15, 0.2) is 0 Å². The zero-order chi connectivity index (χ0) is 19.1. The molecule has 0 bridgehead atoms. The molecule has 1 heterocycles. The lowest BCUT2D eigenvalue weighted by atomic mass is 10.2. The summed E-state index contributed by atoms with van der Waals surface area (Å²) in [4.78, 5) is 40.6. The van der Waals surface area contributed by atoms with Gasteiger partial charge in [0.1, 0.15) is 11.7 Å². The Labute approximate surface area is 155 Å². The highest BCUT2D eigenvalue weighted by atomic mass is 32.1. The Kier molecular flexibility index (Phi) is 6.85. The van der Waals surface area contributed by atoms with E-state index in [2.05, 4.69) is 10.3 Å². The number of benzene rings is 1. The molecule has 1 aromatic heterocycles. The number of nitrogens with zero attached hydrogens (tertiary/aromatic N) is 2. The Balaban J connectivity index is 2.11. The molecule has 7 nitrogen and oxygen atoms in total. The monoisotopic (exact) mass is 375 g/mol. The second-order valence-corrected chi connectivity index (χ2v) is 6.73. The van der Waals surface area contributed by atoms with E-state index in [0.717, 1.165) is 10.6 Å². The molecule has 138 valence electrons. The quantitative estimate of drug-likeness (QED) is 0.733. The van der Waals surface area contributed by atoms with Crippen LogP contribution in [0.15, 0.2) is 35.7 Å². The van der Waals surface area contributed by atoms with Crippen molar-refractivity contribution in [3.8, 4) is 0 Å². The number of carbonyl (C=O) groups excluding carboxylic acids is 2. The van der Waals surface area contributed by atoms with Crippen LogP contribution in [0.5, 0.6) is 0 Å². The van der Waals surface area contributed by atoms with E-state index in [4.69, 9.17) is 0 Å². The maximum Gasteiger partial charge on any atom is 0.326 e. The van der Waals surface area contributed by atoms with Crippen molar-refractivity contribution in [2.24, 2.45) is 0 Å². The minimum Gasteiger partial charge on any atom is -0.480 e. The smallest absolute Gasteiger partial charge is 0.326 e. The maximum absolute atomic E-state index is 12.7. The molecular formula is C18H21N3O4S. The first-order valence-electron chi connectivity index (χ1n) is 8.15. The van der Waals surface area contributed by atoms with Gasteiger partial charge in [0, 0.05) is 31.8 Å². The molecule has 0 aliphatic rings. The largest absolute Gasteiger partial charge is 0.480 e. The Hall–Kier alpha value is -2.74. The molecule has 2 aromatic rings. The number of carboxylic acids is 1. The van der Waals surface area contributed by atoms with Gasteiger partial charge in [-0.15, -0.1) is 11.3 Å². The van der Waals surface area contributed by atoms with Crippen LogP contribution in [0.1, 0.15) is 34.9 Å². The number of carboxylic acid groups (broad SMARTS) is 1. The van der Waals surface area contributed by atoms with E-state index in [0.29, 0.717) is 6.42 Å². The number of nitrogens with one attached hydrogen (secondary N) is 1. The number of thiazole rings is 1. The summed E-state index contributed by atoms with van der Waals surface area (Å²) in [6.45, 7) is 3.07. The van der Waals surface area contributed by atoms with Crippen LogP contribution in [0.2, 0.25) is 0 Å². The van der Waals surface area contributed by atoms with Crippen molar-refractivity contribution in [1.29, 1.82) is 0 Å². The summed E-state index contributed by atoms with van der Waals surface area (Å²) in [6, 6.07) is 8.75. The van der Waals surface area contributed by atoms with Crippen LogP contribution in [-0.4, -0.2) is 51.9 Å². The summed E-state index contributed by atoms with van der Waals surface area (Å²) >= 11 is 1.36. The molecular weight excluding hydrogens is 354 g/mol. The summed E-state index contributed by atoms with van der Waals surface area (Å²) in [6.07, 6.45) is 0.610. The molecule has 26 heavy (non-hydrogen) atoms. The number of aromatic nitrogens is 1. The Morgan fingerprint density at radius 1 is 1.27 bits per heavy atom. The molecule has 8 heteroatoms. The zero-order valence-electron chi connectivity index (χ0n) is 14.6. The third-order valence-electron chi connectivity index (χ3n) is 3.78. The van der Waals surface area contributed by atoms with E-state index in [-0.39, 0.29) is 24.7 Å². The number of aliphatic carboxylic acids is 1. The van der Waals surface area contributed by atoms with Crippen molar-refractivity contribution in [3.63, 3.8) is 0 Å². The van der Waals surface area contributed by atoms with Gasteiger partial charge in [-0.1, -0.05) is 30.3 Å². The molecule has 0 fully saturated rings. The van der Waals surface area contributed by atoms with Crippen molar-refractivity contribution in [2.75, 3.05) is 13.1 Å². The topological polar surface area (TPSA) is 99.6 Å². The molecule has 1 unspecified atom stereocenters. The van der Waals surface area contributed by atoms with Gasteiger partial charge in [-0.2, -0.15) is 0 Å². The average Bonchev–Trinajstić information content (AvgIpc) is 3.06. The Morgan fingerprint density at radius 3 is 2.58 bits per heavy atom. The van der Waals surface area contributed by atoms with Gasteiger partial charge in [0.05, 0.1) is 5.01 Å². The molecule has 1 aromatic carbocycles. The van der Waals surface area contributed by atoms with Crippen LogP contribution in [0, 0.1) is 0 Å². The van der Waals surface area contributed by atoms with Crippen LogP contribution in [-0.2, 0) is 16.0 Å². The predicted octanol–water partition coefficient (Wildman–Crippen LogP) is 1.79. The third kappa shape index (κ3) is 5.38. The lowest BCUT2D eigenvalue weighted by Gasteiger charge is -2.25. The van der Waals surface area contributed by atoms with Crippen LogP contribution in [0.4, 0.5) is 0 Å². The molecule has 2 rings (SSSR count). The molecule has 0 radical (unpaired) electrons. The molecule has 0 aliphatic carbocycles. The third-order valence-corrected chi connectivity index (χ3v) is 4.63. The van der Waals surface area contributed by atoms with E-state index < -0.39 is 17.9 Å². The molecule has 1 atom stereocenters. The highest BCUT2D eigenvalue weighted by Crippen LogP contribution is 2.17. The average molecular weight is 375 g/mol. The fourth-order valence-electron chi connectivity index (χ4n) is 2.36. The summed E-state index contributed by atoms with van der Waals surface area (Å²) in [5.41, 5.74) is 1.30. The zero-order valence-corrected chi connectivity index (χ0v) is 15.5. The van der Waals surface area contributed by atoms with Gasteiger partial charge in [-0.25, -0.2) is 9.78 Å². The number of carbonyl (C=O) groups is 3. The Bertz CT molecular complexity index is 776. The lowest BCUT2D eigenvalue weighted by Crippen LogP contribution is -2.46. The van der Waals surface area contributed by atoms with E-state index in [1.807, 2.05) is 30.3 Å². The first kappa shape index (κ1) is 19.6. The first-order valence-corrected chi connectivity index (χ1v) is 9.03. The summed E-state index contributed by atoms with van der Waals surface area (Å²) in [7, 11) is 0. The minimum absolute atomic E-state index is 0.0947.